The van der Waals surface area contributed by atoms with Gasteiger partial charge in [-0.05, 0) is 43.5 Å². The smallest absolute Gasteiger partial charge is 0.348 e. The zero-order valence-corrected chi connectivity index (χ0v) is 15.2. The van der Waals surface area contributed by atoms with Crippen LogP contribution in [0.3, 0.4) is 0 Å². The number of fused-ring (bicyclic) bond motifs is 2. The van der Waals surface area contributed by atoms with Crippen LogP contribution in [0.5, 0.6) is 0 Å². The van der Waals surface area contributed by atoms with Crippen molar-refractivity contribution >= 4 is 29.0 Å². The minimum Gasteiger partial charge on any atom is -0.348 e. The molecule has 2 saturated heterocycles. The van der Waals surface area contributed by atoms with E-state index in [1.54, 1.807) is 24.3 Å². The van der Waals surface area contributed by atoms with E-state index in [-0.39, 0.29) is 11.9 Å². The van der Waals surface area contributed by atoms with Crippen LogP contribution in [0.1, 0.15) is 35.3 Å². The predicted octanol–water partition coefficient (Wildman–Crippen LogP) is 3.94. The van der Waals surface area contributed by atoms with Gasteiger partial charge in [-0.15, -0.1) is 11.3 Å². The molecule has 3 heterocycles. The lowest BCUT2D eigenvalue weighted by atomic mass is 9.95. The Morgan fingerprint density at radius 2 is 2.04 bits per heavy atom. The maximum absolute atomic E-state index is 12.6. The molecule has 2 aliphatic rings. The molecule has 2 aliphatic heterocycles. The molecule has 1 aromatic heterocycles. The zero-order valence-electron chi connectivity index (χ0n) is 13.5. The van der Waals surface area contributed by atoms with Crippen LogP contribution in [0.25, 0.3) is 0 Å². The molecule has 3 unspecified atom stereocenters. The highest BCUT2D eigenvalue weighted by atomic mass is 32.2. The number of halogens is 3. The molecule has 0 aliphatic carbocycles. The third-order valence-electron chi connectivity index (χ3n) is 4.71. The fraction of sp³-hybridized carbons (Fsp3) is 0.412. The number of amides is 1. The van der Waals surface area contributed by atoms with Crippen LogP contribution in [0.4, 0.5) is 13.2 Å². The van der Waals surface area contributed by atoms with Crippen LogP contribution in [0.15, 0.2) is 38.9 Å². The molecule has 4 nitrogen and oxygen atoms in total. The number of carbonyl (C=O) groups is 1. The molecule has 4 rings (SSSR count). The van der Waals surface area contributed by atoms with Gasteiger partial charge in [-0.3, -0.25) is 4.79 Å². The van der Waals surface area contributed by atoms with Crippen molar-refractivity contribution in [1.82, 2.24) is 15.6 Å². The summed E-state index contributed by atoms with van der Waals surface area (Å²) < 4.78 is 38.1. The van der Waals surface area contributed by atoms with E-state index in [4.69, 9.17) is 0 Å². The summed E-state index contributed by atoms with van der Waals surface area (Å²) in [5, 5.41) is 7.56. The molecule has 0 spiro atoms. The number of thiazole rings is 1. The third kappa shape index (κ3) is 3.74. The van der Waals surface area contributed by atoms with E-state index in [2.05, 4.69) is 15.6 Å². The second-order valence-corrected chi connectivity index (χ2v) is 8.66. The fourth-order valence-electron chi connectivity index (χ4n) is 3.44. The first kappa shape index (κ1) is 17.8. The third-order valence-corrected chi connectivity index (χ3v) is 6.66. The molecule has 0 radical (unpaired) electrons. The van der Waals surface area contributed by atoms with Crippen molar-refractivity contribution in [3.8, 4) is 0 Å². The highest BCUT2D eigenvalue weighted by molar-refractivity contribution is 8.01. The number of rotatable bonds is 4. The minimum atomic E-state index is -4.42. The van der Waals surface area contributed by atoms with Gasteiger partial charge in [0, 0.05) is 34.0 Å². The van der Waals surface area contributed by atoms with Crippen molar-refractivity contribution in [3.05, 3.63) is 40.9 Å². The number of hydrogen-bond acceptors (Lipinski definition) is 5. The SMILES string of the molecule is O=C(NC1CC2CCC1N2)c1ccc(Sc2nc(C(F)(F)F)cs2)cc1. The van der Waals surface area contributed by atoms with Crippen LogP contribution in [0, 0.1) is 0 Å². The van der Waals surface area contributed by atoms with E-state index >= 15 is 0 Å². The molecule has 2 bridgehead atoms. The van der Waals surface area contributed by atoms with Crippen molar-refractivity contribution in [2.24, 2.45) is 0 Å². The molecular formula is C17H16F3N3OS2. The van der Waals surface area contributed by atoms with E-state index in [0.29, 0.717) is 22.0 Å². The number of aromatic nitrogens is 1. The molecule has 1 aromatic carbocycles. The summed E-state index contributed by atoms with van der Waals surface area (Å²) in [5.41, 5.74) is -0.326. The van der Waals surface area contributed by atoms with Crippen molar-refractivity contribution in [2.75, 3.05) is 0 Å². The second kappa shape index (κ2) is 6.86. The van der Waals surface area contributed by atoms with Crippen molar-refractivity contribution in [2.45, 2.75) is 52.8 Å². The molecular weight excluding hydrogens is 383 g/mol. The van der Waals surface area contributed by atoms with E-state index in [0.717, 1.165) is 46.2 Å². The number of hydrogen-bond donors (Lipinski definition) is 2. The Balaban J connectivity index is 1.37. The first-order valence-corrected chi connectivity index (χ1v) is 9.95. The normalized spacial score (nSPS) is 24.8. The van der Waals surface area contributed by atoms with Gasteiger partial charge in [-0.2, -0.15) is 13.2 Å². The van der Waals surface area contributed by atoms with Gasteiger partial charge < -0.3 is 10.6 Å². The quantitative estimate of drug-likeness (QED) is 0.818. The maximum atomic E-state index is 12.6. The Bertz CT molecular complexity index is 806. The molecule has 2 aromatic rings. The Hall–Kier alpha value is -1.58. The summed E-state index contributed by atoms with van der Waals surface area (Å²) in [6, 6.07) is 7.90. The topological polar surface area (TPSA) is 54.0 Å². The van der Waals surface area contributed by atoms with Crippen LogP contribution in [-0.4, -0.2) is 29.0 Å². The molecule has 138 valence electrons. The summed E-state index contributed by atoms with van der Waals surface area (Å²) in [5.74, 6) is -0.116. The first-order valence-electron chi connectivity index (χ1n) is 8.26. The number of carbonyl (C=O) groups excluding carboxylic acids is 1. The summed E-state index contributed by atoms with van der Waals surface area (Å²) in [6.07, 6.45) is -1.18. The molecule has 26 heavy (non-hydrogen) atoms. The van der Waals surface area contributed by atoms with Gasteiger partial charge in [0.25, 0.3) is 5.91 Å². The minimum absolute atomic E-state index is 0.116. The average Bonchev–Trinajstić information content (AvgIpc) is 3.31. The lowest BCUT2D eigenvalue weighted by Crippen LogP contribution is -2.42. The average molecular weight is 399 g/mol. The summed E-state index contributed by atoms with van der Waals surface area (Å²) in [4.78, 5) is 16.7. The Labute approximate surface area is 156 Å². The standard InChI is InChI=1S/C17H16F3N3OS2/c18-17(19,20)14-8-25-16(23-14)26-11-4-1-9(2-5-11)15(24)22-13-7-10-3-6-12(13)21-10/h1-2,4-5,8,10,12-13,21H,3,6-7H2,(H,22,24). The van der Waals surface area contributed by atoms with E-state index in [9.17, 15) is 18.0 Å². The Kier molecular flexibility index (Phi) is 4.70. The van der Waals surface area contributed by atoms with Gasteiger partial charge in [0.05, 0.1) is 0 Å². The first-order chi connectivity index (χ1) is 12.4. The van der Waals surface area contributed by atoms with Gasteiger partial charge in [-0.1, -0.05) is 11.8 Å². The van der Waals surface area contributed by atoms with Crippen LogP contribution < -0.4 is 10.6 Å². The monoisotopic (exact) mass is 399 g/mol. The van der Waals surface area contributed by atoms with Gasteiger partial charge in [0.2, 0.25) is 0 Å². The lowest BCUT2D eigenvalue weighted by Gasteiger charge is -2.21. The maximum Gasteiger partial charge on any atom is 0.434 e. The zero-order chi connectivity index (χ0) is 18.3. The number of alkyl halides is 3. The largest absolute Gasteiger partial charge is 0.434 e. The number of nitrogens with zero attached hydrogens (tertiary/aromatic N) is 1. The Morgan fingerprint density at radius 1 is 1.27 bits per heavy atom. The molecule has 2 fully saturated rings. The summed E-state index contributed by atoms with van der Waals surface area (Å²) in [6.45, 7) is 0. The van der Waals surface area contributed by atoms with E-state index in [1.807, 2.05) is 0 Å². The molecule has 0 saturated carbocycles. The molecule has 9 heteroatoms. The lowest BCUT2D eigenvalue weighted by molar-refractivity contribution is -0.141. The van der Waals surface area contributed by atoms with Gasteiger partial charge >= 0.3 is 6.18 Å². The van der Waals surface area contributed by atoms with Gasteiger partial charge in [-0.25, -0.2) is 4.98 Å². The second-order valence-electron chi connectivity index (χ2n) is 6.49. The van der Waals surface area contributed by atoms with Crippen LogP contribution >= 0.6 is 23.1 Å². The van der Waals surface area contributed by atoms with Crippen LogP contribution in [-0.2, 0) is 6.18 Å². The van der Waals surface area contributed by atoms with Gasteiger partial charge in [0.15, 0.2) is 10.0 Å². The molecule has 2 N–H and O–H groups in total. The highest BCUT2D eigenvalue weighted by Gasteiger charge is 2.39. The van der Waals surface area contributed by atoms with E-state index in [1.165, 1.54) is 6.42 Å². The van der Waals surface area contributed by atoms with Crippen LogP contribution in [0.2, 0.25) is 0 Å². The number of benzene rings is 1. The fourth-order valence-corrected chi connectivity index (χ4v) is 5.24. The molecule has 1 amide bonds. The van der Waals surface area contributed by atoms with Gasteiger partial charge in [0.1, 0.15) is 0 Å². The summed E-state index contributed by atoms with van der Waals surface area (Å²) in [7, 11) is 0. The summed E-state index contributed by atoms with van der Waals surface area (Å²) >= 11 is 2.11. The highest BCUT2D eigenvalue weighted by Crippen LogP contribution is 2.36. The predicted molar refractivity (Wildman–Crippen MR) is 93.5 cm³/mol. The Morgan fingerprint density at radius 3 is 2.62 bits per heavy atom. The van der Waals surface area contributed by atoms with Crippen molar-refractivity contribution in [3.63, 3.8) is 0 Å². The van der Waals surface area contributed by atoms with Crippen molar-refractivity contribution in [1.29, 1.82) is 0 Å². The number of nitrogens with one attached hydrogen (secondary N) is 2. The molecule has 3 atom stereocenters. The van der Waals surface area contributed by atoms with Crippen molar-refractivity contribution < 1.29 is 18.0 Å². The van der Waals surface area contributed by atoms with E-state index < -0.39 is 11.9 Å².